The van der Waals surface area contributed by atoms with Crippen molar-refractivity contribution in [2.75, 3.05) is 5.32 Å². The van der Waals surface area contributed by atoms with Gasteiger partial charge in [0.25, 0.3) is 0 Å². The Morgan fingerprint density at radius 2 is 2.00 bits per heavy atom. The number of rotatable bonds is 6. The summed E-state index contributed by atoms with van der Waals surface area (Å²) in [6.45, 7) is 4.08. The number of nitrogens with one attached hydrogen (secondary N) is 3. The number of aromatic amines is 2. The van der Waals surface area contributed by atoms with Gasteiger partial charge in [0.05, 0.1) is 22.9 Å². The number of aromatic nitrogens is 6. The Balaban J connectivity index is 1.40. The van der Waals surface area contributed by atoms with Gasteiger partial charge < -0.3 is 10.3 Å². The molecule has 36 heavy (non-hydrogen) atoms. The molecule has 0 bridgehead atoms. The van der Waals surface area contributed by atoms with Crippen LogP contribution in [0.3, 0.4) is 0 Å². The molecule has 3 N–H and O–H groups in total. The number of amides is 1. The first kappa shape index (κ1) is 22.1. The van der Waals surface area contributed by atoms with Gasteiger partial charge in [0.15, 0.2) is 11.5 Å². The fraction of sp³-hybridized carbons (Fsp3) is 0.148. The van der Waals surface area contributed by atoms with Gasteiger partial charge >= 0.3 is 0 Å². The lowest BCUT2D eigenvalue weighted by Crippen LogP contribution is -2.10. The van der Waals surface area contributed by atoms with Crippen LogP contribution in [-0.2, 0) is 4.79 Å². The summed E-state index contributed by atoms with van der Waals surface area (Å²) < 4.78 is 0. The molecule has 0 radical (unpaired) electrons. The summed E-state index contributed by atoms with van der Waals surface area (Å²) in [6, 6.07) is 14.2. The van der Waals surface area contributed by atoms with E-state index in [1.165, 1.54) is 9.75 Å². The van der Waals surface area contributed by atoms with Gasteiger partial charge in [-0.2, -0.15) is 5.10 Å². The number of carbonyl (C=O) groups excluding carboxylic acids is 1. The second-order valence-electron chi connectivity index (χ2n) is 8.65. The van der Waals surface area contributed by atoms with Crippen molar-refractivity contribution >= 4 is 45.0 Å². The van der Waals surface area contributed by atoms with Gasteiger partial charge in [-0.05, 0) is 55.3 Å². The van der Waals surface area contributed by atoms with E-state index in [9.17, 15) is 4.79 Å². The lowest BCUT2D eigenvalue weighted by atomic mass is 10.0. The molecule has 0 aliphatic rings. The first-order valence-corrected chi connectivity index (χ1v) is 12.6. The molecule has 6 rings (SSSR count). The van der Waals surface area contributed by atoms with Crippen molar-refractivity contribution in [3.05, 3.63) is 65.9 Å². The quantitative estimate of drug-likeness (QED) is 0.251. The SMILES string of the molecule is CCCC(=O)Nc1cncc(-c2ccc3[nH]nc(-c4nc5nccc(-c6ccc(C)s6)c5[nH]4)c3c2)c1. The van der Waals surface area contributed by atoms with Crippen molar-refractivity contribution < 1.29 is 4.79 Å². The predicted molar refractivity (Wildman–Crippen MR) is 144 cm³/mol. The third kappa shape index (κ3) is 4.03. The van der Waals surface area contributed by atoms with Crippen LogP contribution < -0.4 is 5.32 Å². The number of H-pyrrole nitrogens is 2. The molecule has 1 amide bonds. The van der Waals surface area contributed by atoms with Crippen LogP contribution in [0, 0.1) is 6.92 Å². The molecule has 8 nitrogen and oxygen atoms in total. The highest BCUT2D eigenvalue weighted by molar-refractivity contribution is 7.15. The summed E-state index contributed by atoms with van der Waals surface area (Å²) >= 11 is 1.74. The molecule has 5 aromatic heterocycles. The number of benzene rings is 1. The zero-order valence-electron chi connectivity index (χ0n) is 19.8. The van der Waals surface area contributed by atoms with Crippen molar-refractivity contribution in [3.8, 4) is 33.1 Å². The van der Waals surface area contributed by atoms with Crippen LogP contribution in [0.2, 0.25) is 0 Å². The molecule has 9 heteroatoms. The molecule has 0 aliphatic heterocycles. The van der Waals surface area contributed by atoms with Crippen LogP contribution in [0.5, 0.6) is 0 Å². The summed E-state index contributed by atoms with van der Waals surface area (Å²) in [5.74, 6) is 0.639. The Morgan fingerprint density at radius 3 is 2.83 bits per heavy atom. The van der Waals surface area contributed by atoms with E-state index in [0.717, 1.165) is 45.2 Å². The molecule has 0 saturated heterocycles. The van der Waals surface area contributed by atoms with Gasteiger partial charge in [-0.25, -0.2) is 9.97 Å². The number of carbonyl (C=O) groups is 1. The monoisotopic (exact) mass is 493 g/mol. The van der Waals surface area contributed by atoms with Crippen molar-refractivity contribution in [3.63, 3.8) is 0 Å². The largest absolute Gasteiger partial charge is 0.335 e. The molecule has 0 atom stereocenters. The maximum absolute atomic E-state index is 12.0. The fourth-order valence-corrected chi connectivity index (χ4v) is 5.20. The number of aryl methyl sites for hydroxylation is 1. The Bertz CT molecular complexity index is 1730. The minimum Gasteiger partial charge on any atom is -0.335 e. The fourth-order valence-electron chi connectivity index (χ4n) is 4.30. The van der Waals surface area contributed by atoms with Gasteiger partial charge in [-0.3, -0.25) is 14.9 Å². The molecule has 6 aromatic rings. The Morgan fingerprint density at radius 1 is 1.08 bits per heavy atom. The van der Waals surface area contributed by atoms with Crippen LogP contribution in [0.15, 0.2) is 61.1 Å². The Labute approximate surface area is 210 Å². The van der Waals surface area contributed by atoms with Crippen molar-refractivity contribution in [1.29, 1.82) is 0 Å². The molecule has 0 fully saturated rings. The molecular formula is C27H23N7OS. The lowest BCUT2D eigenvalue weighted by Gasteiger charge is -2.07. The van der Waals surface area contributed by atoms with E-state index in [1.54, 1.807) is 29.9 Å². The second-order valence-corrected chi connectivity index (χ2v) is 9.93. The van der Waals surface area contributed by atoms with E-state index < -0.39 is 0 Å². The normalized spacial score (nSPS) is 11.4. The Kier molecular flexibility index (Phi) is 5.54. The zero-order chi connectivity index (χ0) is 24.6. The first-order valence-electron chi connectivity index (χ1n) is 11.7. The molecule has 0 aliphatic carbocycles. The van der Waals surface area contributed by atoms with Crippen LogP contribution in [-0.4, -0.2) is 36.0 Å². The topological polar surface area (TPSA) is 112 Å². The maximum atomic E-state index is 12.0. The van der Waals surface area contributed by atoms with Crippen molar-refractivity contribution in [2.24, 2.45) is 0 Å². The molecule has 0 unspecified atom stereocenters. The number of imidazole rings is 1. The smallest absolute Gasteiger partial charge is 0.224 e. The second kappa shape index (κ2) is 9.01. The summed E-state index contributed by atoms with van der Waals surface area (Å²) in [5, 5.41) is 11.5. The summed E-state index contributed by atoms with van der Waals surface area (Å²) in [6.07, 6.45) is 6.51. The molecule has 0 saturated carbocycles. The molecular weight excluding hydrogens is 470 g/mol. The molecule has 178 valence electrons. The highest BCUT2D eigenvalue weighted by Gasteiger charge is 2.17. The van der Waals surface area contributed by atoms with Crippen LogP contribution >= 0.6 is 11.3 Å². The molecule has 1 aromatic carbocycles. The van der Waals surface area contributed by atoms with E-state index in [4.69, 9.17) is 4.98 Å². The number of hydrogen-bond donors (Lipinski definition) is 3. The minimum atomic E-state index is -0.0143. The maximum Gasteiger partial charge on any atom is 0.224 e. The van der Waals surface area contributed by atoms with Crippen molar-refractivity contribution in [2.45, 2.75) is 26.7 Å². The highest BCUT2D eigenvalue weighted by atomic mass is 32.1. The zero-order valence-corrected chi connectivity index (χ0v) is 20.6. The van der Waals surface area contributed by atoms with Gasteiger partial charge in [-0.1, -0.05) is 13.0 Å². The third-order valence-electron chi connectivity index (χ3n) is 6.02. The van der Waals surface area contributed by atoms with Crippen molar-refractivity contribution in [1.82, 2.24) is 30.1 Å². The number of anilines is 1. The van der Waals surface area contributed by atoms with E-state index in [1.807, 2.05) is 31.2 Å². The van der Waals surface area contributed by atoms with E-state index in [-0.39, 0.29) is 5.91 Å². The number of thiophene rings is 1. The van der Waals surface area contributed by atoms with E-state index >= 15 is 0 Å². The Hall–Kier alpha value is -4.37. The first-order chi connectivity index (χ1) is 17.6. The summed E-state index contributed by atoms with van der Waals surface area (Å²) in [4.78, 5) is 31.5. The number of fused-ring (bicyclic) bond motifs is 2. The van der Waals surface area contributed by atoms with Crippen LogP contribution in [0.25, 0.3) is 55.2 Å². The number of hydrogen-bond acceptors (Lipinski definition) is 6. The van der Waals surface area contributed by atoms with E-state index in [2.05, 4.69) is 55.6 Å². The average molecular weight is 494 g/mol. The van der Waals surface area contributed by atoms with Gasteiger partial charge in [0, 0.05) is 45.1 Å². The predicted octanol–water partition coefficient (Wildman–Crippen LogP) is 6.34. The van der Waals surface area contributed by atoms with E-state index in [0.29, 0.717) is 23.6 Å². The lowest BCUT2D eigenvalue weighted by molar-refractivity contribution is -0.116. The van der Waals surface area contributed by atoms with Gasteiger partial charge in [0.1, 0.15) is 5.69 Å². The van der Waals surface area contributed by atoms with Gasteiger partial charge in [-0.15, -0.1) is 11.3 Å². The number of nitrogens with zero attached hydrogens (tertiary/aromatic N) is 4. The molecule has 5 heterocycles. The number of pyridine rings is 2. The van der Waals surface area contributed by atoms with Crippen LogP contribution in [0.1, 0.15) is 24.6 Å². The summed E-state index contributed by atoms with van der Waals surface area (Å²) in [7, 11) is 0. The summed E-state index contributed by atoms with van der Waals surface area (Å²) in [5.41, 5.74) is 6.79. The average Bonchev–Trinajstić information content (AvgIpc) is 3.61. The standard InChI is InChI=1S/C27H23N7OS/c1-3-4-23(35)30-18-11-17(13-28-14-18)16-6-7-21-20(12-16)25(34-33-21)27-31-24-19(9-10-29-26(24)32-27)22-8-5-15(2)36-22/h5-14H,3-4H2,1-2H3,(H,30,35)(H,33,34)(H,29,31,32). The minimum absolute atomic E-state index is 0.0143. The third-order valence-corrected chi connectivity index (χ3v) is 7.05. The highest BCUT2D eigenvalue weighted by Crippen LogP contribution is 2.35. The van der Waals surface area contributed by atoms with Gasteiger partial charge in [0.2, 0.25) is 5.91 Å². The molecule has 0 spiro atoms. The van der Waals surface area contributed by atoms with Crippen LogP contribution in [0.4, 0.5) is 5.69 Å².